The second-order valence-corrected chi connectivity index (χ2v) is 5.47. The highest BCUT2D eigenvalue weighted by Gasteiger charge is 2.13. The Morgan fingerprint density at radius 3 is 2.32 bits per heavy atom. The number of fused-ring (bicyclic) bond motifs is 1. The second kappa shape index (κ2) is 5.76. The third-order valence-electron chi connectivity index (χ3n) is 3.76. The van der Waals surface area contributed by atoms with Crippen molar-refractivity contribution in [1.29, 1.82) is 0 Å². The van der Waals surface area contributed by atoms with Gasteiger partial charge in [-0.3, -0.25) is 4.68 Å². The molecule has 1 aliphatic heterocycles. The van der Waals surface area contributed by atoms with Crippen LogP contribution in [0.5, 0.6) is 0 Å². The minimum absolute atomic E-state index is 0.711. The van der Waals surface area contributed by atoms with Crippen LogP contribution in [-0.4, -0.2) is 34.3 Å². The SMILES string of the molecule is Clc1cnn(CCN2CCc3ccccc3CC2)c1. The Morgan fingerprint density at radius 2 is 1.74 bits per heavy atom. The fraction of sp³-hybridized carbons (Fsp3) is 0.400. The summed E-state index contributed by atoms with van der Waals surface area (Å²) >= 11 is 5.87. The number of halogens is 1. The summed E-state index contributed by atoms with van der Waals surface area (Å²) in [7, 11) is 0. The maximum absolute atomic E-state index is 5.87. The van der Waals surface area contributed by atoms with Crippen LogP contribution in [0, 0.1) is 0 Å². The van der Waals surface area contributed by atoms with E-state index >= 15 is 0 Å². The van der Waals surface area contributed by atoms with Crippen LogP contribution in [0.15, 0.2) is 36.7 Å². The van der Waals surface area contributed by atoms with Crippen LogP contribution in [0.25, 0.3) is 0 Å². The number of benzene rings is 1. The van der Waals surface area contributed by atoms with E-state index in [2.05, 4.69) is 34.3 Å². The third kappa shape index (κ3) is 3.17. The quantitative estimate of drug-likeness (QED) is 0.859. The van der Waals surface area contributed by atoms with Crippen LogP contribution in [0.2, 0.25) is 5.02 Å². The fourth-order valence-corrected chi connectivity index (χ4v) is 2.80. The lowest BCUT2D eigenvalue weighted by molar-refractivity contribution is 0.271. The van der Waals surface area contributed by atoms with Gasteiger partial charge >= 0.3 is 0 Å². The lowest BCUT2D eigenvalue weighted by atomic mass is 10.0. The zero-order chi connectivity index (χ0) is 13.1. The zero-order valence-corrected chi connectivity index (χ0v) is 11.7. The first kappa shape index (κ1) is 12.7. The van der Waals surface area contributed by atoms with Gasteiger partial charge in [-0.2, -0.15) is 5.10 Å². The molecule has 4 heteroatoms. The van der Waals surface area contributed by atoms with E-state index in [1.54, 1.807) is 6.20 Å². The maximum Gasteiger partial charge on any atom is 0.0785 e. The third-order valence-corrected chi connectivity index (χ3v) is 3.96. The molecule has 1 aliphatic rings. The fourth-order valence-electron chi connectivity index (χ4n) is 2.64. The van der Waals surface area contributed by atoms with E-state index in [-0.39, 0.29) is 0 Å². The van der Waals surface area contributed by atoms with Crippen molar-refractivity contribution in [1.82, 2.24) is 14.7 Å². The van der Waals surface area contributed by atoms with Crippen LogP contribution in [0.4, 0.5) is 0 Å². The van der Waals surface area contributed by atoms with Gasteiger partial charge in [-0.1, -0.05) is 35.9 Å². The molecule has 0 unspecified atom stereocenters. The molecule has 0 spiro atoms. The molecule has 1 aromatic heterocycles. The Labute approximate surface area is 118 Å². The summed E-state index contributed by atoms with van der Waals surface area (Å²) in [5, 5.41) is 4.93. The Bertz CT molecular complexity index is 523. The molecule has 0 atom stereocenters. The van der Waals surface area contributed by atoms with Crippen molar-refractivity contribution in [3.63, 3.8) is 0 Å². The molecule has 0 bridgehead atoms. The van der Waals surface area contributed by atoms with Gasteiger partial charge in [-0.15, -0.1) is 0 Å². The molecule has 0 saturated carbocycles. The normalized spacial score (nSPS) is 16.1. The van der Waals surface area contributed by atoms with Crippen molar-refractivity contribution in [3.05, 3.63) is 52.8 Å². The van der Waals surface area contributed by atoms with E-state index in [9.17, 15) is 0 Å². The first-order chi connectivity index (χ1) is 9.31. The van der Waals surface area contributed by atoms with Crippen LogP contribution in [0.3, 0.4) is 0 Å². The largest absolute Gasteiger partial charge is 0.301 e. The van der Waals surface area contributed by atoms with E-state index in [0.717, 1.165) is 39.0 Å². The molecule has 2 aromatic rings. The van der Waals surface area contributed by atoms with Crippen molar-refractivity contribution in [2.75, 3.05) is 19.6 Å². The number of aromatic nitrogens is 2. The van der Waals surface area contributed by atoms with E-state index in [4.69, 9.17) is 11.6 Å². The van der Waals surface area contributed by atoms with Crippen molar-refractivity contribution in [2.45, 2.75) is 19.4 Å². The van der Waals surface area contributed by atoms with Crippen molar-refractivity contribution >= 4 is 11.6 Å². The van der Waals surface area contributed by atoms with E-state index in [1.165, 1.54) is 11.1 Å². The molecule has 3 nitrogen and oxygen atoms in total. The van der Waals surface area contributed by atoms with Crippen molar-refractivity contribution in [2.24, 2.45) is 0 Å². The molecular weight excluding hydrogens is 258 g/mol. The molecule has 0 radical (unpaired) electrons. The molecule has 0 aliphatic carbocycles. The predicted octanol–water partition coefficient (Wildman–Crippen LogP) is 2.64. The summed E-state index contributed by atoms with van der Waals surface area (Å²) in [5.74, 6) is 0. The average molecular weight is 276 g/mol. The zero-order valence-electron chi connectivity index (χ0n) is 10.9. The van der Waals surface area contributed by atoms with Gasteiger partial charge < -0.3 is 4.90 Å². The van der Waals surface area contributed by atoms with Crippen molar-refractivity contribution < 1.29 is 0 Å². The Morgan fingerprint density at radius 1 is 1.05 bits per heavy atom. The average Bonchev–Trinajstić information content (AvgIpc) is 2.73. The smallest absolute Gasteiger partial charge is 0.0785 e. The van der Waals surface area contributed by atoms with E-state index in [1.807, 2.05) is 10.9 Å². The summed E-state index contributed by atoms with van der Waals surface area (Å²) < 4.78 is 1.92. The van der Waals surface area contributed by atoms with Crippen LogP contribution in [0.1, 0.15) is 11.1 Å². The molecule has 0 saturated heterocycles. The Balaban J connectivity index is 1.57. The molecule has 3 rings (SSSR count). The number of nitrogens with zero attached hydrogens (tertiary/aromatic N) is 3. The number of hydrogen-bond acceptors (Lipinski definition) is 2. The molecule has 0 N–H and O–H groups in total. The molecule has 100 valence electrons. The first-order valence-electron chi connectivity index (χ1n) is 6.78. The highest BCUT2D eigenvalue weighted by molar-refractivity contribution is 6.30. The van der Waals surface area contributed by atoms with Gasteiger partial charge in [-0.25, -0.2) is 0 Å². The minimum Gasteiger partial charge on any atom is -0.301 e. The van der Waals surface area contributed by atoms with Gasteiger partial charge in [0.15, 0.2) is 0 Å². The lowest BCUT2D eigenvalue weighted by Crippen LogP contribution is -2.30. The summed E-state index contributed by atoms with van der Waals surface area (Å²) in [4.78, 5) is 2.51. The molecule has 1 aromatic carbocycles. The summed E-state index contributed by atoms with van der Waals surface area (Å²) in [5.41, 5.74) is 3.01. The second-order valence-electron chi connectivity index (χ2n) is 5.03. The standard InChI is InChI=1S/C15H18ClN3/c16-15-11-17-19(12-15)10-9-18-7-5-13-3-1-2-4-14(13)6-8-18/h1-4,11-12H,5-10H2. The summed E-state index contributed by atoms with van der Waals surface area (Å²) in [6.45, 7) is 4.20. The summed E-state index contributed by atoms with van der Waals surface area (Å²) in [6, 6.07) is 8.79. The molecule has 0 fully saturated rings. The Kier molecular flexibility index (Phi) is 3.85. The lowest BCUT2D eigenvalue weighted by Gasteiger charge is -2.19. The van der Waals surface area contributed by atoms with E-state index < -0.39 is 0 Å². The maximum atomic E-state index is 5.87. The van der Waals surface area contributed by atoms with Gasteiger partial charge in [-0.05, 0) is 24.0 Å². The van der Waals surface area contributed by atoms with Gasteiger partial charge in [0.25, 0.3) is 0 Å². The van der Waals surface area contributed by atoms with Gasteiger partial charge in [0.1, 0.15) is 0 Å². The molecule has 2 heterocycles. The highest BCUT2D eigenvalue weighted by Crippen LogP contribution is 2.15. The van der Waals surface area contributed by atoms with Crippen LogP contribution >= 0.6 is 11.6 Å². The number of hydrogen-bond donors (Lipinski definition) is 0. The molecular formula is C15H18ClN3. The van der Waals surface area contributed by atoms with Crippen LogP contribution in [-0.2, 0) is 19.4 Å². The molecule has 0 amide bonds. The predicted molar refractivity (Wildman–Crippen MR) is 77.5 cm³/mol. The monoisotopic (exact) mass is 275 g/mol. The van der Waals surface area contributed by atoms with Gasteiger partial charge in [0.2, 0.25) is 0 Å². The van der Waals surface area contributed by atoms with Gasteiger partial charge in [0, 0.05) is 25.8 Å². The topological polar surface area (TPSA) is 21.1 Å². The first-order valence-corrected chi connectivity index (χ1v) is 7.16. The molecule has 19 heavy (non-hydrogen) atoms. The van der Waals surface area contributed by atoms with E-state index in [0.29, 0.717) is 5.02 Å². The number of rotatable bonds is 3. The van der Waals surface area contributed by atoms with Crippen molar-refractivity contribution in [3.8, 4) is 0 Å². The van der Waals surface area contributed by atoms with Gasteiger partial charge in [0.05, 0.1) is 17.8 Å². The minimum atomic E-state index is 0.711. The van der Waals surface area contributed by atoms with Crippen LogP contribution < -0.4 is 0 Å². The Hall–Kier alpha value is -1.32. The highest BCUT2D eigenvalue weighted by atomic mass is 35.5. The summed E-state index contributed by atoms with van der Waals surface area (Å²) in [6.07, 6.45) is 5.88.